The van der Waals surface area contributed by atoms with Gasteiger partial charge in [0.2, 0.25) is 15.9 Å². The Bertz CT molecular complexity index is 1090. The lowest BCUT2D eigenvalue weighted by Gasteiger charge is -2.34. The molecule has 1 fully saturated rings. The zero-order valence-electron chi connectivity index (χ0n) is 18.7. The molecule has 33 heavy (non-hydrogen) atoms. The number of carbonyl (C=O) groups is 1. The second-order valence-corrected chi connectivity index (χ2v) is 10.5. The molecule has 6 heteroatoms. The quantitative estimate of drug-likeness (QED) is 0.497. The Labute approximate surface area is 196 Å². The zero-order chi connectivity index (χ0) is 23.1. The van der Waals surface area contributed by atoms with E-state index in [0.29, 0.717) is 39.0 Å². The maximum absolute atomic E-state index is 13.5. The third-order valence-corrected chi connectivity index (χ3v) is 7.98. The summed E-state index contributed by atoms with van der Waals surface area (Å²) in [6.07, 6.45) is 1.10. The Morgan fingerprint density at radius 3 is 1.61 bits per heavy atom. The number of nitrogens with zero attached hydrogens (tertiary/aromatic N) is 2. The molecule has 0 aromatic heterocycles. The van der Waals surface area contributed by atoms with Gasteiger partial charge < -0.3 is 4.90 Å². The summed E-state index contributed by atoms with van der Waals surface area (Å²) in [4.78, 5) is 15.4. The molecule has 0 aliphatic carbocycles. The van der Waals surface area contributed by atoms with Crippen LogP contribution in [0, 0.1) is 5.92 Å². The summed E-state index contributed by atoms with van der Waals surface area (Å²) < 4.78 is 27.3. The third-order valence-electron chi connectivity index (χ3n) is 6.13. The Kier molecular flexibility index (Phi) is 7.57. The second kappa shape index (κ2) is 10.8. The van der Waals surface area contributed by atoms with Crippen molar-refractivity contribution >= 4 is 15.9 Å². The first-order chi connectivity index (χ1) is 16.0. The number of piperidine rings is 1. The molecule has 172 valence electrons. The molecule has 1 heterocycles. The number of sulfonamides is 1. The van der Waals surface area contributed by atoms with Gasteiger partial charge in [0, 0.05) is 32.1 Å². The summed E-state index contributed by atoms with van der Waals surface area (Å²) in [5.41, 5.74) is 2.96. The molecular formula is C27H30N2O3S. The van der Waals surface area contributed by atoms with E-state index in [0.717, 1.165) is 16.7 Å². The van der Waals surface area contributed by atoms with Crippen LogP contribution in [0.15, 0.2) is 91.0 Å². The minimum Gasteiger partial charge on any atom is -0.334 e. The van der Waals surface area contributed by atoms with Crippen LogP contribution in [-0.2, 0) is 33.7 Å². The lowest BCUT2D eigenvalue weighted by molar-refractivity contribution is -0.138. The summed E-state index contributed by atoms with van der Waals surface area (Å²) in [6.45, 7) is 1.86. The number of hydrogen-bond donors (Lipinski definition) is 0. The van der Waals surface area contributed by atoms with Crippen molar-refractivity contribution in [3.05, 3.63) is 108 Å². The Balaban J connectivity index is 1.42. The van der Waals surface area contributed by atoms with E-state index in [1.54, 1.807) is 4.31 Å². The van der Waals surface area contributed by atoms with Gasteiger partial charge in [-0.1, -0.05) is 91.0 Å². The second-order valence-electron chi connectivity index (χ2n) is 8.58. The molecule has 1 amide bonds. The molecule has 0 N–H and O–H groups in total. The molecule has 0 unspecified atom stereocenters. The summed E-state index contributed by atoms with van der Waals surface area (Å²) in [5.74, 6) is -0.0657. The SMILES string of the molecule is O=C(C1CCN(S(=O)(=O)Cc2ccccc2)CC1)N(Cc1ccccc1)Cc1ccccc1. The maximum atomic E-state index is 13.5. The van der Waals surface area contributed by atoms with Crippen molar-refractivity contribution in [3.8, 4) is 0 Å². The average Bonchev–Trinajstić information content (AvgIpc) is 2.85. The van der Waals surface area contributed by atoms with Gasteiger partial charge in [-0.25, -0.2) is 12.7 Å². The van der Waals surface area contributed by atoms with Crippen LogP contribution in [0.3, 0.4) is 0 Å². The molecule has 4 rings (SSSR count). The molecule has 5 nitrogen and oxygen atoms in total. The molecule has 1 saturated heterocycles. The van der Waals surface area contributed by atoms with Gasteiger partial charge in [0.15, 0.2) is 0 Å². The first-order valence-corrected chi connectivity index (χ1v) is 13.0. The van der Waals surface area contributed by atoms with E-state index in [4.69, 9.17) is 0 Å². The lowest BCUT2D eigenvalue weighted by Crippen LogP contribution is -2.44. The molecule has 0 spiro atoms. The predicted molar refractivity (Wildman–Crippen MR) is 131 cm³/mol. The van der Waals surface area contributed by atoms with Crippen molar-refractivity contribution in [3.63, 3.8) is 0 Å². The number of amides is 1. The van der Waals surface area contributed by atoms with Gasteiger partial charge in [-0.05, 0) is 29.5 Å². The van der Waals surface area contributed by atoms with Gasteiger partial charge in [0.25, 0.3) is 0 Å². The van der Waals surface area contributed by atoms with Crippen molar-refractivity contribution in [2.75, 3.05) is 13.1 Å². The molecule has 3 aromatic rings. The van der Waals surface area contributed by atoms with Crippen LogP contribution in [0.2, 0.25) is 0 Å². The number of carbonyl (C=O) groups excluding carboxylic acids is 1. The Morgan fingerprint density at radius 1 is 0.727 bits per heavy atom. The van der Waals surface area contributed by atoms with Crippen molar-refractivity contribution in [2.24, 2.45) is 5.92 Å². The molecule has 3 aromatic carbocycles. The van der Waals surface area contributed by atoms with Crippen LogP contribution in [0.4, 0.5) is 0 Å². The van der Waals surface area contributed by atoms with Gasteiger partial charge in [0.1, 0.15) is 0 Å². The number of rotatable bonds is 8. The molecule has 0 saturated carbocycles. The highest BCUT2D eigenvalue weighted by atomic mass is 32.2. The van der Waals surface area contributed by atoms with Crippen LogP contribution >= 0.6 is 0 Å². The van der Waals surface area contributed by atoms with E-state index in [2.05, 4.69) is 0 Å². The Morgan fingerprint density at radius 2 is 1.15 bits per heavy atom. The van der Waals surface area contributed by atoms with E-state index >= 15 is 0 Å². The van der Waals surface area contributed by atoms with Gasteiger partial charge >= 0.3 is 0 Å². The molecule has 0 radical (unpaired) electrons. The van der Waals surface area contributed by atoms with E-state index in [9.17, 15) is 13.2 Å². The highest BCUT2D eigenvalue weighted by molar-refractivity contribution is 7.88. The number of hydrogen-bond acceptors (Lipinski definition) is 3. The van der Waals surface area contributed by atoms with Crippen LogP contribution in [0.1, 0.15) is 29.5 Å². The van der Waals surface area contributed by atoms with Crippen LogP contribution in [-0.4, -0.2) is 36.6 Å². The molecule has 1 aliphatic heterocycles. The van der Waals surface area contributed by atoms with Gasteiger partial charge in [-0.3, -0.25) is 4.79 Å². The minimum atomic E-state index is -3.39. The van der Waals surface area contributed by atoms with Crippen LogP contribution in [0.5, 0.6) is 0 Å². The molecule has 0 bridgehead atoms. The summed E-state index contributed by atoms with van der Waals surface area (Å²) in [6, 6.07) is 29.2. The fourth-order valence-electron chi connectivity index (χ4n) is 4.33. The summed E-state index contributed by atoms with van der Waals surface area (Å²) >= 11 is 0. The van der Waals surface area contributed by atoms with Crippen LogP contribution < -0.4 is 0 Å². The van der Waals surface area contributed by atoms with Crippen LogP contribution in [0.25, 0.3) is 0 Å². The molecule has 0 atom stereocenters. The van der Waals surface area contributed by atoms with E-state index in [-0.39, 0.29) is 17.6 Å². The Hall–Kier alpha value is -2.96. The van der Waals surface area contributed by atoms with Crippen molar-refractivity contribution in [1.29, 1.82) is 0 Å². The minimum absolute atomic E-state index is 0.000588. The first kappa shape index (κ1) is 23.2. The normalized spacial score (nSPS) is 15.3. The van der Waals surface area contributed by atoms with Gasteiger partial charge in [-0.15, -0.1) is 0 Å². The lowest BCUT2D eigenvalue weighted by atomic mass is 9.96. The summed E-state index contributed by atoms with van der Waals surface area (Å²) in [7, 11) is -3.39. The van der Waals surface area contributed by atoms with E-state index in [1.807, 2.05) is 95.9 Å². The van der Waals surface area contributed by atoms with Gasteiger partial charge in [0.05, 0.1) is 5.75 Å². The highest BCUT2D eigenvalue weighted by Gasteiger charge is 2.33. The zero-order valence-corrected chi connectivity index (χ0v) is 19.5. The highest BCUT2D eigenvalue weighted by Crippen LogP contribution is 2.25. The predicted octanol–water partition coefficient (Wildman–Crippen LogP) is 4.46. The maximum Gasteiger partial charge on any atom is 0.226 e. The number of benzene rings is 3. The smallest absolute Gasteiger partial charge is 0.226 e. The largest absolute Gasteiger partial charge is 0.334 e. The monoisotopic (exact) mass is 462 g/mol. The topological polar surface area (TPSA) is 57.7 Å². The van der Waals surface area contributed by atoms with Gasteiger partial charge in [-0.2, -0.15) is 0 Å². The molecular weight excluding hydrogens is 432 g/mol. The van der Waals surface area contributed by atoms with Crippen molar-refractivity contribution < 1.29 is 13.2 Å². The van der Waals surface area contributed by atoms with E-state index < -0.39 is 10.0 Å². The fraction of sp³-hybridized carbons (Fsp3) is 0.296. The van der Waals surface area contributed by atoms with Crippen molar-refractivity contribution in [1.82, 2.24) is 9.21 Å². The van der Waals surface area contributed by atoms with Crippen molar-refractivity contribution in [2.45, 2.75) is 31.7 Å². The average molecular weight is 463 g/mol. The summed E-state index contributed by atoms with van der Waals surface area (Å²) in [5, 5.41) is 0. The standard InChI is InChI=1S/C27H30N2O3S/c30-27(28(20-23-10-4-1-5-11-23)21-24-12-6-2-7-13-24)26-16-18-29(19-17-26)33(31,32)22-25-14-8-3-9-15-25/h1-15,26H,16-22H2. The molecule has 1 aliphatic rings. The first-order valence-electron chi connectivity index (χ1n) is 11.4. The fourth-order valence-corrected chi connectivity index (χ4v) is 5.90. The third kappa shape index (κ3) is 6.30. The van der Waals surface area contributed by atoms with E-state index in [1.165, 1.54) is 0 Å².